The first-order valence-electron chi connectivity index (χ1n) is 5.22. The Morgan fingerprint density at radius 1 is 1.32 bits per heavy atom. The molecule has 0 saturated heterocycles. The van der Waals surface area contributed by atoms with Gasteiger partial charge in [-0.3, -0.25) is 0 Å². The minimum absolute atomic E-state index is 0.253. The molecule has 6 nitrogen and oxygen atoms in total. The molecule has 8 heteroatoms. The molecule has 0 amide bonds. The standard InChI is InChI=1S/C11H6ClFN6/c12-5-1-6-7(3-16-9(6)15-2-5)10-17-4-8(13)11(18-10)19-14/h1-4,14H,(H,15,16). The highest BCUT2D eigenvalue weighted by Gasteiger charge is 2.13. The second kappa shape index (κ2) is 4.36. The van der Waals surface area contributed by atoms with E-state index in [0.717, 1.165) is 11.6 Å². The Bertz CT molecular complexity index is 784. The fourth-order valence-electron chi connectivity index (χ4n) is 1.73. The van der Waals surface area contributed by atoms with E-state index < -0.39 is 5.82 Å². The molecule has 0 aliphatic heterocycles. The van der Waals surface area contributed by atoms with Gasteiger partial charge in [-0.25, -0.2) is 24.9 Å². The lowest BCUT2D eigenvalue weighted by Crippen LogP contribution is -1.90. The van der Waals surface area contributed by atoms with Crippen molar-refractivity contribution in [2.45, 2.75) is 0 Å². The normalized spacial score (nSPS) is 10.8. The van der Waals surface area contributed by atoms with Gasteiger partial charge in [0, 0.05) is 23.3 Å². The van der Waals surface area contributed by atoms with E-state index in [9.17, 15) is 4.39 Å². The van der Waals surface area contributed by atoms with Crippen LogP contribution < -0.4 is 0 Å². The first kappa shape index (κ1) is 11.7. The predicted molar refractivity (Wildman–Crippen MR) is 66.9 cm³/mol. The summed E-state index contributed by atoms with van der Waals surface area (Å²) >= 11 is 5.89. The molecule has 0 aliphatic rings. The van der Waals surface area contributed by atoms with Crippen LogP contribution in [0.2, 0.25) is 5.02 Å². The number of hydrogen-bond donors (Lipinski definition) is 2. The highest BCUT2D eigenvalue weighted by Crippen LogP contribution is 2.28. The van der Waals surface area contributed by atoms with Crippen LogP contribution in [0.5, 0.6) is 0 Å². The van der Waals surface area contributed by atoms with Gasteiger partial charge in [0.2, 0.25) is 5.82 Å². The number of aromatic amines is 1. The molecule has 0 radical (unpaired) electrons. The van der Waals surface area contributed by atoms with Crippen LogP contribution in [0, 0.1) is 11.3 Å². The van der Waals surface area contributed by atoms with Gasteiger partial charge in [-0.2, -0.15) is 0 Å². The summed E-state index contributed by atoms with van der Waals surface area (Å²) in [6, 6.07) is 1.71. The first-order valence-corrected chi connectivity index (χ1v) is 5.60. The van der Waals surface area contributed by atoms with Gasteiger partial charge in [-0.1, -0.05) is 11.6 Å². The van der Waals surface area contributed by atoms with Crippen molar-refractivity contribution in [3.63, 3.8) is 0 Å². The average Bonchev–Trinajstić information content (AvgIpc) is 2.82. The molecule has 19 heavy (non-hydrogen) atoms. The van der Waals surface area contributed by atoms with Crippen molar-refractivity contribution < 1.29 is 4.39 Å². The van der Waals surface area contributed by atoms with E-state index in [1.165, 1.54) is 6.20 Å². The van der Waals surface area contributed by atoms with E-state index in [-0.39, 0.29) is 11.6 Å². The van der Waals surface area contributed by atoms with Crippen molar-refractivity contribution in [1.29, 1.82) is 5.53 Å². The summed E-state index contributed by atoms with van der Waals surface area (Å²) < 4.78 is 13.2. The number of H-pyrrole nitrogens is 1. The molecular formula is C11H6ClFN6. The minimum atomic E-state index is -0.741. The molecule has 3 rings (SSSR count). The Balaban J connectivity index is 2.24. The molecule has 0 fully saturated rings. The van der Waals surface area contributed by atoms with E-state index in [1.807, 2.05) is 0 Å². The van der Waals surface area contributed by atoms with Crippen LogP contribution in [0.3, 0.4) is 0 Å². The van der Waals surface area contributed by atoms with Gasteiger partial charge >= 0.3 is 0 Å². The lowest BCUT2D eigenvalue weighted by molar-refractivity contribution is 0.614. The summed E-state index contributed by atoms with van der Waals surface area (Å²) in [5.41, 5.74) is 8.10. The molecule has 0 unspecified atom stereocenters. The summed E-state index contributed by atoms with van der Waals surface area (Å²) in [7, 11) is 0. The van der Waals surface area contributed by atoms with Gasteiger partial charge in [0.25, 0.3) is 0 Å². The molecule has 0 aliphatic carbocycles. The highest BCUT2D eigenvalue weighted by atomic mass is 35.5. The Kier molecular flexibility index (Phi) is 2.68. The zero-order valence-electron chi connectivity index (χ0n) is 9.35. The van der Waals surface area contributed by atoms with Crippen LogP contribution in [-0.4, -0.2) is 19.9 Å². The summed E-state index contributed by atoms with van der Waals surface area (Å²) in [5, 5.41) is 4.20. The van der Waals surface area contributed by atoms with E-state index in [0.29, 0.717) is 16.2 Å². The average molecular weight is 277 g/mol. The van der Waals surface area contributed by atoms with Gasteiger partial charge in [0.15, 0.2) is 11.6 Å². The molecule has 0 bridgehead atoms. The molecule has 0 aromatic carbocycles. The molecule has 3 heterocycles. The molecule has 0 saturated carbocycles. The Hall–Kier alpha value is -2.41. The molecule has 3 aromatic rings. The fraction of sp³-hybridized carbons (Fsp3) is 0. The number of fused-ring (bicyclic) bond motifs is 1. The van der Waals surface area contributed by atoms with Gasteiger partial charge in [-0.05, 0) is 6.07 Å². The second-order valence-corrected chi connectivity index (χ2v) is 4.17. The van der Waals surface area contributed by atoms with E-state index in [1.54, 1.807) is 12.3 Å². The largest absolute Gasteiger partial charge is 0.345 e. The van der Waals surface area contributed by atoms with E-state index in [4.69, 9.17) is 17.1 Å². The fourth-order valence-corrected chi connectivity index (χ4v) is 1.89. The van der Waals surface area contributed by atoms with Crippen molar-refractivity contribution in [2.75, 3.05) is 0 Å². The summed E-state index contributed by atoms with van der Waals surface area (Å²) in [6.07, 6.45) is 4.14. The zero-order chi connectivity index (χ0) is 13.4. The Morgan fingerprint density at radius 2 is 2.16 bits per heavy atom. The summed E-state index contributed by atoms with van der Waals surface area (Å²) in [5.74, 6) is -0.799. The maximum absolute atomic E-state index is 13.2. The maximum atomic E-state index is 13.2. The number of aromatic nitrogens is 4. The van der Waals surface area contributed by atoms with Gasteiger partial charge < -0.3 is 4.98 Å². The SMILES string of the molecule is N=Nc1nc(-c2c[nH]c3ncc(Cl)cc23)ncc1F. The van der Waals surface area contributed by atoms with Crippen LogP contribution in [0.15, 0.2) is 29.8 Å². The van der Waals surface area contributed by atoms with Crippen molar-refractivity contribution >= 4 is 28.5 Å². The number of nitrogens with zero attached hydrogens (tertiary/aromatic N) is 4. The van der Waals surface area contributed by atoms with E-state index >= 15 is 0 Å². The molecule has 0 spiro atoms. The monoisotopic (exact) mass is 276 g/mol. The highest BCUT2D eigenvalue weighted by molar-refractivity contribution is 6.31. The first-order chi connectivity index (χ1) is 9.19. The maximum Gasteiger partial charge on any atom is 0.213 e. The van der Waals surface area contributed by atoms with E-state index in [2.05, 4.69) is 25.1 Å². The Morgan fingerprint density at radius 3 is 2.95 bits per heavy atom. The third-order valence-corrected chi connectivity index (χ3v) is 2.78. The van der Waals surface area contributed by atoms with Crippen LogP contribution in [0.1, 0.15) is 0 Å². The van der Waals surface area contributed by atoms with Gasteiger partial charge in [0.05, 0.1) is 11.2 Å². The topological polar surface area (TPSA) is 90.7 Å². The molecule has 3 aromatic heterocycles. The Labute approximate surface area is 111 Å². The predicted octanol–water partition coefficient (Wildman–Crippen LogP) is 3.47. The molecule has 0 atom stereocenters. The molecule has 94 valence electrons. The smallest absolute Gasteiger partial charge is 0.213 e. The number of pyridine rings is 1. The van der Waals surface area contributed by atoms with Crippen LogP contribution in [-0.2, 0) is 0 Å². The van der Waals surface area contributed by atoms with Crippen LogP contribution in [0.25, 0.3) is 22.4 Å². The quantitative estimate of drug-likeness (QED) is 0.702. The van der Waals surface area contributed by atoms with Gasteiger partial charge in [-0.15, -0.1) is 5.11 Å². The van der Waals surface area contributed by atoms with Crippen LogP contribution >= 0.6 is 11.6 Å². The van der Waals surface area contributed by atoms with Crippen molar-refractivity contribution in [1.82, 2.24) is 19.9 Å². The van der Waals surface area contributed by atoms with Crippen LogP contribution in [0.4, 0.5) is 10.2 Å². The lowest BCUT2D eigenvalue weighted by Gasteiger charge is -1.99. The summed E-state index contributed by atoms with van der Waals surface area (Å²) in [4.78, 5) is 14.8. The lowest BCUT2D eigenvalue weighted by atomic mass is 10.2. The van der Waals surface area contributed by atoms with Crippen molar-refractivity contribution in [3.8, 4) is 11.4 Å². The second-order valence-electron chi connectivity index (χ2n) is 3.73. The minimum Gasteiger partial charge on any atom is -0.345 e. The summed E-state index contributed by atoms with van der Waals surface area (Å²) in [6.45, 7) is 0. The number of hydrogen-bond acceptors (Lipinski definition) is 5. The van der Waals surface area contributed by atoms with Gasteiger partial charge in [0.1, 0.15) is 5.65 Å². The third-order valence-electron chi connectivity index (χ3n) is 2.57. The van der Waals surface area contributed by atoms with Crippen molar-refractivity contribution in [3.05, 3.63) is 35.5 Å². The number of nitrogens with one attached hydrogen (secondary N) is 2. The molecule has 2 N–H and O–H groups in total. The zero-order valence-corrected chi connectivity index (χ0v) is 10.1. The number of halogens is 2. The number of rotatable bonds is 2. The third kappa shape index (κ3) is 1.93. The molecular weight excluding hydrogens is 271 g/mol. The van der Waals surface area contributed by atoms with Crippen molar-refractivity contribution in [2.24, 2.45) is 5.11 Å².